The molecule has 3 rings (SSSR count). The van der Waals surface area contributed by atoms with E-state index >= 15 is 0 Å². The summed E-state index contributed by atoms with van der Waals surface area (Å²) < 4.78 is 25.1. The zero-order chi connectivity index (χ0) is 21.0. The summed E-state index contributed by atoms with van der Waals surface area (Å²) in [5.41, 5.74) is 3.14. The first-order chi connectivity index (χ1) is 13.8. The van der Waals surface area contributed by atoms with E-state index in [-0.39, 0.29) is 10.6 Å². The Morgan fingerprint density at radius 1 is 1.14 bits per heavy atom. The molecule has 3 aromatic carbocycles. The van der Waals surface area contributed by atoms with Gasteiger partial charge in [0.05, 0.1) is 15.6 Å². The summed E-state index contributed by atoms with van der Waals surface area (Å²) >= 11 is 9.54. The highest BCUT2D eigenvalue weighted by molar-refractivity contribution is 9.10. The van der Waals surface area contributed by atoms with Crippen molar-refractivity contribution in [1.82, 2.24) is 4.83 Å². The number of hydrogen-bond donors (Lipinski definition) is 2. The van der Waals surface area contributed by atoms with Crippen LogP contribution in [0.5, 0.6) is 5.75 Å². The maximum absolute atomic E-state index is 12.3. The predicted molar refractivity (Wildman–Crippen MR) is 119 cm³/mol. The van der Waals surface area contributed by atoms with Crippen molar-refractivity contribution in [2.75, 3.05) is 0 Å². The number of hydrazone groups is 1. The summed E-state index contributed by atoms with van der Waals surface area (Å²) in [6.45, 7) is 1.87. The van der Waals surface area contributed by atoms with Gasteiger partial charge in [0.15, 0.2) is 0 Å². The molecule has 0 fully saturated rings. The first-order valence-corrected chi connectivity index (χ1v) is 11.3. The molecule has 3 aromatic rings. The maximum Gasteiger partial charge on any atom is 0.276 e. The second-order valence-corrected chi connectivity index (χ2v) is 9.37. The lowest BCUT2D eigenvalue weighted by molar-refractivity contribution is 0.470. The van der Waals surface area contributed by atoms with Gasteiger partial charge in [0.2, 0.25) is 0 Å². The lowest BCUT2D eigenvalue weighted by Crippen LogP contribution is -2.18. The van der Waals surface area contributed by atoms with Crippen LogP contribution >= 0.6 is 27.5 Å². The minimum atomic E-state index is -3.79. The minimum Gasteiger partial charge on any atom is -0.506 e. The van der Waals surface area contributed by atoms with Crippen LogP contribution in [-0.2, 0) is 16.4 Å². The third-order valence-electron chi connectivity index (χ3n) is 4.21. The number of halogens is 2. The second kappa shape index (κ2) is 8.98. The Morgan fingerprint density at radius 3 is 2.52 bits per heavy atom. The molecule has 8 heteroatoms. The summed E-state index contributed by atoms with van der Waals surface area (Å²) in [4.78, 5) is 2.27. The van der Waals surface area contributed by atoms with E-state index in [9.17, 15) is 13.5 Å². The summed E-state index contributed by atoms with van der Waals surface area (Å²) in [7, 11) is -3.79. The Kier molecular flexibility index (Phi) is 6.62. The summed E-state index contributed by atoms with van der Waals surface area (Å²) in [5, 5.41) is 14.7. The third-order valence-corrected chi connectivity index (χ3v) is 6.42. The summed E-state index contributed by atoms with van der Waals surface area (Å²) in [5.74, 6) is -0.0359. The van der Waals surface area contributed by atoms with Crippen LogP contribution in [0.4, 0.5) is 0 Å². The van der Waals surface area contributed by atoms with E-state index in [1.807, 2.05) is 31.2 Å². The maximum atomic E-state index is 12.3. The summed E-state index contributed by atoms with van der Waals surface area (Å²) in [6.07, 6.45) is 1.82. The number of sulfonamides is 1. The van der Waals surface area contributed by atoms with Gasteiger partial charge < -0.3 is 5.11 Å². The quantitative estimate of drug-likeness (QED) is 0.374. The van der Waals surface area contributed by atoms with Gasteiger partial charge in [-0.15, -0.1) is 0 Å². The highest BCUT2D eigenvalue weighted by Crippen LogP contribution is 2.30. The molecule has 0 aliphatic rings. The molecule has 0 amide bonds. The lowest BCUT2D eigenvalue weighted by Gasteiger charge is -2.09. The van der Waals surface area contributed by atoms with Gasteiger partial charge in [0, 0.05) is 10.6 Å². The molecule has 0 radical (unpaired) electrons. The fourth-order valence-corrected chi connectivity index (χ4v) is 4.19. The number of benzene rings is 3. The Hall–Kier alpha value is -2.35. The Bertz CT molecular complexity index is 1160. The van der Waals surface area contributed by atoms with Crippen LogP contribution in [0.1, 0.15) is 22.3 Å². The van der Waals surface area contributed by atoms with Gasteiger partial charge in [-0.05, 0) is 70.7 Å². The van der Waals surface area contributed by atoms with E-state index in [0.717, 1.165) is 16.7 Å². The molecule has 0 bridgehead atoms. The van der Waals surface area contributed by atoms with Crippen molar-refractivity contribution in [3.8, 4) is 5.75 Å². The van der Waals surface area contributed by atoms with Crippen molar-refractivity contribution in [2.24, 2.45) is 5.10 Å². The lowest BCUT2D eigenvalue weighted by atomic mass is 10.0. The molecule has 2 N–H and O–H groups in total. The molecule has 0 saturated carbocycles. The SMILES string of the molecule is Cc1ccc(S(=O)(=O)N/N=C/c2cc(Cc3ccccc3Cl)cc(Br)c2O)cc1. The number of phenols is 1. The Morgan fingerprint density at radius 2 is 1.83 bits per heavy atom. The van der Waals surface area contributed by atoms with Crippen LogP contribution in [-0.4, -0.2) is 19.7 Å². The molecule has 0 spiro atoms. The van der Waals surface area contributed by atoms with Gasteiger partial charge in [-0.1, -0.05) is 47.5 Å². The van der Waals surface area contributed by atoms with Gasteiger partial charge in [-0.2, -0.15) is 13.5 Å². The molecule has 29 heavy (non-hydrogen) atoms. The number of aromatic hydroxyl groups is 1. The standard InChI is InChI=1S/C21H18BrClN2O3S/c1-14-6-8-18(9-7-14)29(27,28)25-24-13-17-11-15(12-19(22)21(17)26)10-16-4-2-3-5-20(16)23/h2-9,11-13,25-26H,10H2,1H3/b24-13+. The smallest absolute Gasteiger partial charge is 0.276 e. The molecule has 0 atom stereocenters. The van der Waals surface area contributed by atoms with Crippen molar-refractivity contribution in [1.29, 1.82) is 0 Å². The molecular weight excluding hydrogens is 476 g/mol. The average molecular weight is 494 g/mol. The molecule has 150 valence electrons. The second-order valence-electron chi connectivity index (χ2n) is 6.45. The number of phenolic OH excluding ortho intramolecular Hbond substituents is 1. The number of hydrogen-bond acceptors (Lipinski definition) is 4. The van der Waals surface area contributed by atoms with E-state index in [1.54, 1.807) is 24.3 Å². The largest absolute Gasteiger partial charge is 0.506 e. The molecule has 0 aromatic heterocycles. The van der Waals surface area contributed by atoms with Gasteiger partial charge in [0.25, 0.3) is 10.0 Å². The zero-order valence-electron chi connectivity index (χ0n) is 15.4. The molecule has 5 nitrogen and oxygen atoms in total. The topological polar surface area (TPSA) is 78.8 Å². The fraction of sp³-hybridized carbons (Fsp3) is 0.0952. The first kappa shape index (κ1) is 21.4. The fourth-order valence-electron chi connectivity index (χ4n) is 2.68. The van der Waals surface area contributed by atoms with Gasteiger partial charge >= 0.3 is 0 Å². The van der Waals surface area contributed by atoms with Crippen LogP contribution in [0.2, 0.25) is 5.02 Å². The number of nitrogens with one attached hydrogen (secondary N) is 1. The molecule has 0 aliphatic carbocycles. The monoisotopic (exact) mass is 492 g/mol. The van der Waals surface area contributed by atoms with Crippen LogP contribution in [0.3, 0.4) is 0 Å². The van der Waals surface area contributed by atoms with Crippen LogP contribution in [0.25, 0.3) is 0 Å². The molecular formula is C21H18BrClN2O3S. The number of nitrogens with zero attached hydrogens (tertiary/aromatic N) is 1. The van der Waals surface area contributed by atoms with E-state index < -0.39 is 10.0 Å². The highest BCUT2D eigenvalue weighted by Gasteiger charge is 2.13. The van der Waals surface area contributed by atoms with E-state index in [4.69, 9.17) is 11.6 Å². The molecule has 0 saturated heterocycles. The average Bonchev–Trinajstić information content (AvgIpc) is 2.67. The van der Waals surface area contributed by atoms with E-state index in [1.165, 1.54) is 18.3 Å². The van der Waals surface area contributed by atoms with Crippen molar-refractivity contribution >= 4 is 43.8 Å². The number of rotatable bonds is 6. The van der Waals surface area contributed by atoms with Crippen LogP contribution in [0, 0.1) is 6.92 Å². The van der Waals surface area contributed by atoms with Crippen molar-refractivity contribution in [3.05, 3.63) is 92.4 Å². The molecule has 0 unspecified atom stereocenters. The van der Waals surface area contributed by atoms with Gasteiger partial charge in [-0.3, -0.25) is 0 Å². The number of aryl methyl sites for hydroxylation is 1. The highest BCUT2D eigenvalue weighted by atomic mass is 79.9. The molecule has 0 aliphatic heterocycles. The van der Waals surface area contributed by atoms with Gasteiger partial charge in [-0.25, -0.2) is 4.83 Å². The Balaban J connectivity index is 1.82. The van der Waals surface area contributed by atoms with E-state index in [2.05, 4.69) is 25.9 Å². The van der Waals surface area contributed by atoms with Gasteiger partial charge in [0.1, 0.15) is 5.75 Å². The molecule has 0 heterocycles. The van der Waals surface area contributed by atoms with Crippen molar-refractivity contribution in [3.63, 3.8) is 0 Å². The van der Waals surface area contributed by atoms with Crippen LogP contribution < -0.4 is 4.83 Å². The predicted octanol–water partition coefficient (Wildman–Crippen LogP) is 5.02. The van der Waals surface area contributed by atoms with Crippen molar-refractivity contribution in [2.45, 2.75) is 18.2 Å². The van der Waals surface area contributed by atoms with Crippen molar-refractivity contribution < 1.29 is 13.5 Å². The normalized spacial score (nSPS) is 11.7. The third kappa shape index (κ3) is 5.38. The summed E-state index contributed by atoms with van der Waals surface area (Å²) in [6, 6.07) is 17.4. The zero-order valence-corrected chi connectivity index (χ0v) is 18.6. The Labute approximate surface area is 183 Å². The van der Waals surface area contributed by atoms with E-state index in [0.29, 0.717) is 21.5 Å². The first-order valence-electron chi connectivity index (χ1n) is 8.62. The minimum absolute atomic E-state index is 0.0359. The van der Waals surface area contributed by atoms with Crippen LogP contribution in [0.15, 0.2) is 75.1 Å².